The lowest BCUT2D eigenvalue weighted by Crippen LogP contribution is -2.10. The number of H-pyrrole nitrogens is 1. The first-order chi connectivity index (χ1) is 14.7. The van der Waals surface area contributed by atoms with Gasteiger partial charge >= 0.3 is 0 Å². The van der Waals surface area contributed by atoms with E-state index in [4.69, 9.17) is 10.3 Å². The monoisotopic (exact) mass is 404 g/mol. The molecule has 0 fully saturated rings. The minimum Gasteiger partial charge on any atom is -0.364 e. The Morgan fingerprint density at radius 3 is 2.77 bits per heavy atom. The molecule has 0 bridgehead atoms. The van der Waals surface area contributed by atoms with E-state index >= 15 is 0 Å². The fraction of sp³-hybridized carbons (Fsp3) is 0.150. The molecular formula is C20H20N8O2. The van der Waals surface area contributed by atoms with Crippen molar-refractivity contribution in [3.63, 3.8) is 0 Å². The Balaban J connectivity index is 1.32. The second-order valence-electron chi connectivity index (χ2n) is 6.55. The van der Waals surface area contributed by atoms with Gasteiger partial charge in [0.1, 0.15) is 5.82 Å². The molecule has 0 aliphatic heterocycles. The summed E-state index contributed by atoms with van der Waals surface area (Å²) < 4.78 is 5.03. The van der Waals surface area contributed by atoms with E-state index in [0.29, 0.717) is 23.3 Å². The van der Waals surface area contributed by atoms with Gasteiger partial charge in [-0.15, -0.1) is 0 Å². The van der Waals surface area contributed by atoms with E-state index in [1.165, 1.54) is 11.6 Å². The number of hydrogen-bond acceptors (Lipinski definition) is 8. The van der Waals surface area contributed by atoms with Crippen molar-refractivity contribution in [1.82, 2.24) is 25.3 Å². The number of aryl methyl sites for hydroxylation is 2. The molecule has 0 atom stereocenters. The van der Waals surface area contributed by atoms with Crippen LogP contribution >= 0.6 is 0 Å². The third-order valence-corrected chi connectivity index (χ3v) is 4.30. The number of amides is 1. The minimum atomic E-state index is -0.644. The Bertz CT molecular complexity index is 1120. The van der Waals surface area contributed by atoms with Crippen molar-refractivity contribution >= 4 is 23.5 Å². The van der Waals surface area contributed by atoms with Crippen LogP contribution in [-0.4, -0.2) is 31.2 Å². The molecule has 10 heteroatoms. The number of nitrogens with one attached hydrogen (secondary N) is 3. The Morgan fingerprint density at radius 2 is 1.97 bits per heavy atom. The zero-order valence-corrected chi connectivity index (χ0v) is 16.0. The smallest absolute Gasteiger partial charge is 0.270 e. The molecule has 152 valence electrons. The molecule has 10 nitrogen and oxygen atoms in total. The molecular weight excluding hydrogens is 384 g/mol. The third-order valence-electron chi connectivity index (χ3n) is 4.30. The maximum atomic E-state index is 11.1. The van der Waals surface area contributed by atoms with Crippen LogP contribution in [-0.2, 0) is 19.4 Å². The fourth-order valence-electron chi connectivity index (χ4n) is 2.80. The lowest BCUT2D eigenvalue weighted by molar-refractivity contribution is 0.0991. The number of hydrogen-bond donors (Lipinski definition) is 4. The minimum absolute atomic E-state index is 0.0738. The highest BCUT2D eigenvalue weighted by Gasteiger charge is 2.09. The number of carbonyl (C=O) groups is 1. The Hall–Kier alpha value is -4.21. The molecule has 3 heterocycles. The van der Waals surface area contributed by atoms with Gasteiger partial charge in [-0.25, -0.2) is 4.98 Å². The lowest BCUT2D eigenvalue weighted by atomic mass is 10.1. The lowest BCUT2D eigenvalue weighted by Gasteiger charge is -2.05. The summed E-state index contributed by atoms with van der Waals surface area (Å²) in [5.74, 6) is 1.45. The van der Waals surface area contributed by atoms with Crippen LogP contribution in [0.2, 0.25) is 0 Å². The van der Waals surface area contributed by atoms with Gasteiger partial charge in [-0.05, 0) is 24.5 Å². The first-order valence-electron chi connectivity index (χ1n) is 9.33. The number of nitrogens with two attached hydrogens (primary N) is 1. The molecule has 5 N–H and O–H groups in total. The van der Waals surface area contributed by atoms with Crippen molar-refractivity contribution in [2.24, 2.45) is 5.73 Å². The zero-order valence-electron chi connectivity index (χ0n) is 16.0. The van der Waals surface area contributed by atoms with Gasteiger partial charge in [0.15, 0.2) is 17.3 Å². The highest BCUT2D eigenvalue weighted by Crippen LogP contribution is 2.15. The van der Waals surface area contributed by atoms with Crippen LogP contribution in [0, 0.1) is 0 Å². The van der Waals surface area contributed by atoms with E-state index in [9.17, 15) is 4.79 Å². The number of anilines is 3. The second-order valence-corrected chi connectivity index (χ2v) is 6.55. The van der Waals surface area contributed by atoms with Crippen molar-refractivity contribution in [2.75, 3.05) is 10.6 Å². The van der Waals surface area contributed by atoms with Gasteiger partial charge in [-0.3, -0.25) is 9.89 Å². The van der Waals surface area contributed by atoms with Gasteiger partial charge < -0.3 is 20.9 Å². The summed E-state index contributed by atoms with van der Waals surface area (Å²) in [6.45, 7) is 0.260. The third kappa shape index (κ3) is 4.98. The molecule has 3 aromatic heterocycles. The summed E-state index contributed by atoms with van der Waals surface area (Å²) in [5, 5.41) is 17.1. The van der Waals surface area contributed by atoms with E-state index < -0.39 is 5.91 Å². The second kappa shape index (κ2) is 8.86. The van der Waals surface area contributed by atoms with Gasteiger partial charge in [-0.2, -0.15) is 10.1 Å². The van der Waals surface area contributed by atoms with Crippen LogP contribution in [0.15, 0.2) is 59.3 Å². The summed E-state index contributed by atoms with van der Waals surface area (Å²) in [7, 11) is 0. The largest absolute Gasteiger partial charge is 0.364 e. The van der Waals surface area contributed by atoms with E-state index in [2.05, 4.69) is 48.1 Å². The van der Waals surface area contributed by atoms with Crippen molar-refractivity contribution in [1.29, 1.82) is 0 Å². The van der Waals surface area contributed by atoms with Gasteiger partial charge in [0.05, 0.1) is 6.54 Å². The maximum Gasteiger partial charge on any atom is 0.270 e. The Morgan fingerprint density at radius 1 is 1.10 bits per heavy atom. The SMILES string of the molecule is NC(=O)c1cc(CNc2nccc(Nc3cc(CCc4ccccc4)[nH]n3)n2)on1. The summed E-state index contributed by atoms with van der Waals surface area (Å²) in [6.07, 6.45) is 3.42. The molecule has 0 spiro atoms. The molecule has 0 aliphatic carbocycles. The van der Waals surface area contributed by atoms with Gasteiger partial charge in [0, 0.05) is 24.0 Å². The van der Waals surface area contributed by atoms with Crippen LogP contribution in [0.3, 0.4) is 0 Å². The van der Waals surface area contributed by atoms with Crippen molar-refractivity contribution < 1.29 is 9.32 Å². The van der Waals surface area contributed by atoms with Crippen molar-refractivity contribution in [2.45, 2.75) is 19.4 Å². The topological polar surface area (TPSA) is 148 Å². The van der Waals surface area contributed by atoms with Crippen molar-refractivity contribution in [3.05, 3.63) is 77.4 Å². The number of aromatic nitrogens is 5. The summed E-state index contributed by atoms with van der Waals surface area (Å²) in [4.78, 5) is 19.6. The standard InChI is InChI=1S/C20H20N8O2/c21-19(29)16-11-15(30-28-16)12-23-20-22-9-8-17(25-20)24-18-10-14(26-27-18)7-6-13-4-2-1-3-5-13/h1-5,8-11H,6-7,12H2,(H2,21,29)(H3,22,23,24,25,26,27). The van der Waals surface area contributed by atoms with Gasteiger partial charge in [0.25, 0.3) is 5.91 Å². The average molecular weight is 404 g/mol. The first kappa shape index (κ1) is 19.1. The van der Waals surface area contributed by atoms with Crippen LogP contribution in [0.4, 0.5) is 17.6 Å². The molecule has 0 saturated carbocycles. The van der Waals surface area contributed by atoms with Crippen LogP contribution in [0.5, 0.6) is 0 Å². The van der Waals surface area contributed by atoms with E-state index in [1.807, 2.05) is 24.3 Å². The number of rotatable bonds is 9. The summed E-state index contributed by atoms with van der Waals surface area (Å²) in [6, 6.07) is 15.5. The number of aromatic amines is 1. The quantitative estimate of drug-likeness (QED) is 0.332. The number of nitrogens with zero attached hydrogens (tertiary/aromatic N) is 4. The molecule has 30 heavy (non-hydrogen) atoms. The number of carbonyl (C=O) groups excluding carboxylic acids is 1. The summed E-state index contributed by atoms with van der Waals surface area (Å²) >= 11 is 0. The molecule has 0 unspecified atom stereocenters. The molecule has 4 rings (SSSR count). The highest BCUT2D eigenvalue weighted by atomic mass is 16.5. The highest BCUT2D eigenvalue weighted by molar-refractivity contribution is 5.90. The van der Waals surface area contributed by atoms with Crippen molar-refractivity contribution in [3.8, 4) is 0 Å². The van der Waals surface area contributed by atoms with E-state index in [1.54, 1.807) is 12.3 Å². The molecule has 0 aliphatic rings. The summed E-state index contributed by atoms with van der Waals surface area (Å²) in [5.41, 5.74) is 7.54. The predicted molar refractivity (Wildman–Crippen MR) is 110 cm³/mol. The fourth-order valence-corrected chi connectivity index (χ4v) is 2.80. The molecule has 1 amide bonds. The molecule has 4 aromatic rings. The number of benzene rings is 1. The normalized spacial score (nSPS) is 10.7. The molecule has 0 saturated heterocycles. The molecule has 0 radical (unpaired) electrons. The van der Waals surface area contributed by atoms with Gasteiger partial charge in [-0.1, -0.05) is 35.5 Å². The van der Waals surface area contributed by atoms with Crippen LogP contribution < -0.4 is 16.4 Å². The van der Waals surface area contributed by atoms with Gasteiger partial charge in [0.2, 0.25) is 5.95 Å². The number of primary amides is 1. The Labute approximate surface area is 171 Å². The zero-order chi connectivity index (χ0) is 20.8. The Kier molecular flexibility index (Phi) is 5.65. The average Bonchev–Trinajstić information content (AvgIpc) is 3.42. The first-order valence-corrected chi connectivity index (χ1v) is 9.33. The van der Waals surface area contributed by atoms with Crippen LogP contribution in [0.1, 0.15) is 27.5 Å². The van der Waals surface area contributed by atoms with E-state index in [0.717, 1.165) is 18.5 Å². The predicted octanol–water partition coefficient (Wildman–Crippen LogP) is 2.43. The molecule has 1 aromatic carbocycles. The maximum absolute atomic E-state index is 11.1. The van der Waals surface area contributed by atoms with Crippen LogP contribution in [0.25, 0.3) is 0 Å². The van der Waals surface area contributed by atoms with E-state index in [-0.39, 0.29) is 12.2 Å².